The lowest BCUT2D eigenvalue weighted by Crippen LogP contribution is -1.96. The molecule has 4 heteroatoms. The third-order valence-electron chi connectivity index (χ3n) is 1.60. The molecule has 0 spiro atoms. The number of ether oxygens (including phenoxy) is 1. The number of rotatable bonds is 3. The summed E-state index contributed by atoms with van der Waals surface area (Å²) >= 11 is 0. The second-order valence-electron chi connectivity index (χ2n) is 2.57. The van der Waals surface area contributed by atoms with E-state index < -0.39 is 5.95 Å². The van der Waals surface area contributed by atoms with Crippen molar-refractivity contribution >= 4 is 12.0 Å². The predicted molar refractivity (Wildman–Crippen MR) is 49.9 cm³/mol. The van der Waals surface area contributed by atoms with Gasteiger partial charge in [0.2, 0.25) is 5.95 Å². The highest BCUT2D eigenvalue weighted by Crippen LogP contribution is 2.05. The van der Waals surface area contributed by atoms with Crippen LogP contribution in [0.5, 0.6) is 0 Å². The van der Waals surface area contributed by atoms with Crippen molar-refractivity contribution in [1.82, 2.24) is 4.98 Å². The maximum Gasteiger partial charge on any atom is 0.309 e. The monoisotopic (exact) mass is 195 g/mol. The summed E-state index contributed by atoms with van der Waals surface area (Å²) < 4.78 is 17.3. The summed E-state index contributed by atoms with van der Waals surface area (Å²) in [5.74, 6) is -0.904. The maximum atomic E-state index is 12.9. The van der Waals surface area contributed by atoms with Crippen molar-refractivity contribution in [2.45, 2.75) is 6.42 Å². The van der Waals surface area contributed by atoms with Crippen LogP contribution < -0.4 is 0 Å². The third-order valence-corrected chi connectivity index (χ3v) is 1.60. The molecule has 0 radical (unpaired) electrons. The summed E-state index contributed by atoms with van der Waals surface area (Å²) in [5, 5.41) is 0. The minimum Gasteiger partial charge on any atom is -0.469 e. The first-order chi connectivity index (χ1) is 6.74. The van der Waals surface area contributed by atoms with Gasteiger partial charge in [-0.15, -0.1) is 0 Å². The SMILES string of the molecule is COC(=O)CC=Cc1cccnc1F. The molecule has 0 amide bonds. The van der Waals surface area contributed by atoms with E-state index in [4.69, 9.17) is 0 Å². The van der Waals surface area contributed by atoms with Crippen LogP contribution in [0, 0.1) is 5.95 Å². The van der Waals surface area contributed by atoms with Crippen molar-refractivity contribution < 1.29 is 13.9 Å². The van der Waals surface area contributed by atoms with E-state index >= 15 is 0 Å². The van der Waals surface area contributed by atoms with Crippen LogP contribution in [0.15, 0.2) is 24.4 Å². The molecular weight excluding hydrogens is 185 g/mol. The average Bonchev–Trinajstić information content (AvgIpc) is 2.20. The molecule has 1 aromatic heterocycles. The Labute approximate surface area is 81.2 Å². The number of esters is 1. The number of hydrogen-bond donors (Lipinski definition) is 0. The fraction of sp³-hybridized carbons (Fsp3) is 0.200. The summed E-state index contributed by atoms with van der Waals surface area (Å²) in [5.41, 5.74) is 0.358. The normalized spacial score (nSPS) is 10.4. The minimum absolute atomic E-state index is 0.130. The molecule has 0 unspecified atom stereocenters. The molecular formula is C10H10FNO2. The molecule has 0 aliphatic rings. The number of halogens is 1. The van der Waals surface area contributed by atoms with Gasteiger partial charge in [0.1, 0.15) is 0 Å². The molecule has 0 saturated carbocycles. The fourth-order valence-corrected chi connectivity index (χ4v) is 0.888. The Balaban J connectivity index is 2.60. The lowest BCUT2D eigenvalue weighted by Gasteiger charge is -1.94. The first-order valence-electron chi connectivity index (χ1n) is 4.08. The molecule has 0 atom stereocenters. The number of aromatic nitrogens is 1. The van der Waals surface area contributed by atoms with Crippen molar-refractivity contribution in [3.63, 3.8) is 0 Å². The van der Waals surface area contributed by atoms with Crippen LogP contribution in [0.25, 0.3) is 6.08 Å². The van der Waals surface area contributed by atoms with Crippen molar-refractivity contribution in [1.29, 1.82) is 0 Å². The Morgan fingerprint density at radius 3 is 3.14 bits per heavy atom. The Morgan fingerprint density at radius 2 is 2.50 bits per heavy atom. The molecule has 0 aliphatic carbocycles. The predicted octanol–water partition coefficient (Wildman–Crippen LogP) is 1.80. The van der Waals surface area contributed by atoms with E-state index in [0.717, 1.165) is 0 Å². The first-order valence-corrected chi connectivity index (χ1v) is 4.08. The number of carbonyl (C=O) groups excluding carboxylic acids is 1. The third kappa shape index (κ3) is 2.97. The molecule has 0 bridgehead atoms. The number of methoxy groups -OCH3 is 1. The Hall–Kier alpha value is -1.71. The summed E-state index contributed by atoms with van der Waals surface area (Å²) in [4.78, 5) is 14.2. The minimum atomic E-state index is -0.548. The van der Waals surface area contributed by atoms with Gasteiger partial charge in [-0.25, -0.2) is 4.98 Å². The quantitative estimate of drug-likeness (QED) is 0.545. The molecule has 1 rings (SSSR count). The van der Waals surface area contributed by atoms with Gasteiger partial charge in [-0.2, -0.15) is 4.39 Å². The van der Waals surface area contributed by atoms with Gasteiger partial charge in [0.15, 0.2) is 0 Å². The number of nitrogens with zero attached hydrogens (tertiary/aromatic N) is 1. The van der Waals surface area contributed by atoms with E-state index in [2.05, 4.69) is 9.72 Å². The Bertz CT molecular complexity index is 350. The highest BCUT2D eigenvalue weighted by Gasteiger charge is 1.98. The van der Waals surface area contributed by atoms with Crippen molar-refractivity contribution in [3.8, 4) is 0 Å². The van der Waals surface area contributed by atoms with Gasteiger partial charge in [0.25, 0.3) is 0 Å². The summed E-state index contributed by atoms with van der Waals surface area (Å²) in [6, 6.07) is 3.21. The number of hydrogen-bond acceptors (Lipinski definition) is 3. The van der Waals surface area contributed by atoms with Gasteiger partial charge in [0, 0.05) is 11.8 Å². The van der Waals surface area contributed by atoms with Crippen molar-refractivity contribution in [2.24, 2.45) is 0 Å². The van der Waals surface area contributed by atoms with Gasteiger partial charge in [-0.05, 0) is 12.1 Å². The Morgan fingerprint density at radius 1 is 1.71 bits per heavy atom. The molecule has 1 heterocycles. The van der Waals surface area contributed by atoms with Crippen LogP contribution in [0.3, 0.4) is 0 Å². The second-order valence-corrected chi connectivity index (χ2v) is 2.57. The molecule has 0 saturated heterocycles. The van der Waals surface area contributed by atoms with E-state index in [1.165, 1.54) is 25.5 Å². The smallest absolute Gasteiger partial charge is 0.309 e. The van der Waals surface area contributed by atoms with Crippen LogP contribution in [0.4, 0.5) is 4.39 Å². The van der Waals surface area contributed by atoms with Crippen LogP contribution in [-0.2, 0) is 9.53 Å². The summed E-state index contributed by atoms with van der Waals surface area (Å²) in [6.07, 6.45) is 4.53. The fourth-order valence-electron chi connectivity index (χ4n) is 0.888. The number of pyridine rings is 1. The highest BCUT2D eigenvalue weighted by atomic mass is 19.1. The largest absolute Gasteiger partial charge is 0.469 e. The molecule has 1 aromatic rings. The molecule has 0 N–H and O–H groups in total. The van der Waals surface area contributed by atoms with Crippen LogP contribution in [0.2, 0.25) is 0 Å². The molecule has 0 aliphatic heterocycles. The van der Waals surface area contributed by atoms with E-state index in [1.807, 2.05) is 0 Å². The molecule has 0 fully saturated rings. The van der Waals surface area contributed by atoms with Gasteiger partial charge < -0.3 is 4.74 Å². The average molecular weight is 195 g/mol. The topological polar surface area (TPSA) is 39.2 Å². The Kier molecular flexibility index (Phi) is 3.79. The highest BCUT2D eigenvalue weighted by molar-refractivity contribution is 5.72. The van der Waals surface area contributed by atoms with E-state index in [1.54, 1.807) is 12.1 Å². The second kappa shape index (κ2) is 5.11. The van der Waals surface area contributed by atoms with Gasteiger partial charge in [0.05, 0.1) is 13.5 Å². The zero-order valence-corrected chi connectivity index (χ0v) is 7.74. The van der Waals surface area contributed by atoms with Gasteiger partial charge in [-0.1, -0.05) is 12.2 Å². The zero-order chi connectivity index (χ0) is 10.4. The van der Waals surface area contributed by atoms with Crippen molar-refractivity contribution in [2.75, 3.05) is 7.11 Å². The van der Waals surface area contributed by atoms with Crippen LogP contribution >= 0.6 is 0 Å². The first kappa shape index (κ1) is 10.4. The maximum absolute atomic E-state index is 12.9. The summed E-state index contributed by atoms with van der Waals surface area (Å²) in [6.45, 7) is 0. The van der Waals surface area contributed by atoms with Crippen molar-refractivity contribution in [3.05, 3.63) is 35.9 Å². The molecule has 74 valence electrons. The van der Waals surface area contributed by atoms with Gasteiger partial charge >= 0.3 is 5.97 Å². The lowest BCUT2D eigenvalue weighted by molar-refractivity contribution is -0.139. The molecule has 3 nitrogen and oxygen atoms in total. The molecule has 0 aromatic carbocycles. The van der Waals surface area contributed by atoms with E-state index in [0.29, 0.717) is 5.56 Å². The van der Waals surface area contributed by atoms with E-state index in [-0.39, 0.29) is 12.4 Å². The van der Waals surface area contributed by atoms with Crippen LogP contribution in [0.1, 0.15) is 12.0 Å². The van der Waals surface area contributed by atoms with Crippen LogP contribution in [-0.4, -0.2) is 18.1 Å². The van der Waals surface area contributed by atoms with Gasteiger partial charge in [-0.3, -0.25) is 4.79 Å². The molecule has 14 heavy (non-hydrogen) atoms. The lowest BCUT2D eigenvalue weighted by atomic mass is 10.2. The van der Waals surface area contributed by atoms with E-state index in [9.17, 15) is 9.18 Å². The summed E-state index contributed by atoms with van der Waals surface area (Å²) in [7, 11) is 1.31. The zero-order valence-electron chi connectivity index (χ0n) is 7.74. The number of carbonyl (C=O) groups is 1. The standard InChI is InChI=1S/C10H10FNO2/c1-14-9(13)6-2-4-8-5-3-7-12-10(8)11/h2-5,7H,6H2,1H3.